The Balaban J connectivity index is 1.27. The molecule has 1 saturated carbocycles. The van der Waals surface area contributed by atoms with Gasteiger partial charge < -0.3 is 10.2 Å². The van der Waals surface area contributed by atoms with Gasteiger partial charge in [-0.2, -0.15) is 8.75 Å². The zero-order chi connectivity index (χ0) is 19.8. The molecule has 3 aromatic rings. The first-order valence-corrected chi connectivity index (χ1v) is 11.7. The number of nitrogens with zero attached hydrogens (tertiary/aromatic N) is 6. The third kappa shape index (κ3) is 3.95. The predicted molar refractivity (Wildman–Crippen MR) is 116 cm³/mol. The van der Waals surface area contributed by atoms with Gasteiger partial charge in [0.1, 0.15) is 11.0 Å². The van der Waals surface area contributed by atoms with Gasteiger partial charge in [-0.25, -0.2) is 0 Å². The topological polar surface area (TPSA) is 88.8 Å². The normalized spacial score (nSPS) is 17.8. The van der Waals surface area contributed by atoms with Crippen LogP contribution in [0.15, 0.2) is 23.4 Å². The number of thioether (sulfide) groups is 1. The van der Waals surface area contributed by atoms with Crippen LogP contribution in [0.1, 0.15) is 38.6 Å². The Morgan fingerprint density at radius 1 is 1.21 bits per heavy atom. The molecule has 1 saturated heterocycles. The molecule has 2 aliphatic rings. The largest absolute Gasteiger partial charge is 0.341 e. The second-order valence-corrected chi connectivity index (χ2v) is 9.30. The third-order valence-corrected chi connectivity index (χ3v) is 7.00. The maximum atomic E-state index is 12.5. The number of hydrogen-bond acceptors (Lipinski definition) is 8. The number of hydrogen-bond donors (Lipinski definition) is 1. The van der Waals surface area contributed by atoms with Crippen molar-refractivity contribution in [1.29, 1.82) is 0 Å². The molecule has 8 nitrogen and oxygen atoms in total. The van der Waals surface area contributed by atoms with E-state index in [-0.39, 0.29) is 11.7 Å². The van der Waals surface area contributed by atoms with Crippen LogP contribution in [0.2, 0.25) is 0 Å². The van der Waals surface area contributed by atoms with Crippen molar-refractivity contribution in [2.24, 2.45) is 5.92 Å². The molecule has 1 aliphatic carbocycles. The lowest BCUT2D eigenvalue weighted by Crippen LogP contribution is -2.34. The Bertz CT molecular complexity index is 1020. The summed E-state index contributed by atoms with van der Waals surface area (Å²) in [5.74, 6) is 1.96. The van der Waals surface area contributed by atoms with Gasteiger partial charge in [-0.1, -0.05) is 24.8 Å². The molecule has 2 aromatic heterocycles. The van der Waals surface area contributed by atoms with Crippen molar-refractivity contribution in [2.75, 3.05) is 29.1 Å². The molecule has 0 atom stereocenters. The van der Waals surface area contributed by atoms with Gasteiger partial charge >= 0.3 is 0 Å². The van der Waals surface area contributed by atoms with Crippen LogP contribution in [-0.4, -0.2) is 48.3 Å². The molecule has 0 spiro atoms. The summed E-state index contributed by atoms with van der Waals surface area (Å²) in [6.45, 7) is 4.37. The summed E-state index contributed by atoms with van der Waals surface area (Å²) >= 11 is 2.60. The lowest BCUT2D eigenvalue weighted by atomic mass is 10.00. The molecule has 3 heterocycles. The first-order valence-electron chi connectivity index (χ1n) is 10.0. The van der Waals surface area contributed by atoms with Crippen molar-refractivity contribution in [1.82, 2.24) is 23.5 Å². The average molecular weight is 430 g/mol. The van der Waals surface area contributed by atoms with Crippen molar-refractivity contribution >= 4 is 52.1 Å². The molecular formula is C19H23N7OS2. The highest BCUT2D eigenvalue weighted by Gasteiger charge is 2.32. The quantitative estimate of drug-likeness (QED) is 0.599. The number of anilines is 2. The Hall–Kier alpha value is -2.20. The Morgan fingerprint density at radius 3 is 2.83 bits per heavy atom. The number of carbonyl (C=O) groups is 1. The number of amides is 1. The van der Waals surface area contributed by atoms with Gasteiger partial charge in [0.15, 0.2) is 5.16 Å². The lowest BCUT2D eigenvalue weighted by molar-refractivity contribution is -0.113. The van der Waals surface area contributed by atoms with Gasteiger partial charge in [0, 0.05) is 19.1 Å². The molecule has 5 rings (SSSR count). The van der Waals surface area contributed by atoms with Crippen LogP contribution >= 0.6 is 23.5 Å². The maximum absolute atomic E-state index is 12.5. The van der Waals surface area contributed by atoms with Gasteiger partial charge in [-0.05, 0) is 43.7 Å². The SMILES string of the molecule is CC1CCN(c2nnc(SCC(=O)Nc3cccc4nsnc34)n2C2CC2)CC1. The second kappa shape index (κ2) is 7.91. The zero-order valence-electron chi connectivity index (χ0n) is 16.2. The summed E-state index contributed by atoms with van der Waals surface area (Å²) < 4.78 is 10.7. The van der Waals surface area contributed by atoms with Gasteiger partial charge in [0.25, 0.3) is 0 Å². The summed E-state index contributed by atoms with van der Waals surface area (Å²) in [5, 5.41) is 12.7. The summed E-state index contributed by atoms with van der Waals surface area (Å²) in [6, 6.07) is 6.10. The molecular weight excluding hydrogens is 406 g/mol. The summed E-state index contributed by atoms with van der Waals surface area (Å²) in [7, 11) is 0. The average Bonchev–Trinajstić information content (AvgIpc) is 3.28. The van der Waals surface area contributed by atoms with E-state index in [1.54, 1.807) is 0 Å². The van der Waals surface area contributed by atoms with Crippen LogP contribution in [0, 0.1) is 5.92 Å². The van der Waals surface area contributed by atoms with Crippen molar-refractivity contribution < 1.29 is 4.79 Å². The van der Waals surface area contributed by atoms with E-state index in [0.29, 0.717) is 11.7 Å². The standard InChI is InChI=1S/C19H23N7OS2/c1-12-7-9-25(10-8-12)18-21-22-19(26(18)13-5-6-13)28-11-16(27)20-14-3-2-4-15-17(14)24-29-23-15/h2-4,12-13H,5-11H2,1H3,(H,20,27). The maximum Gasteiger partial charge on any atom is 0.234 e. The van der Waals surface area contributed by atoms with E-state index in [1.807, 2.05) is 18.2 Å². The first kappa shape index (κ1) is 18.8. The molecule has 1 amide bonds. The fourth-order valence-corrected chi connectivity index (χ4v) is 5.02. The van der Waals surface area contributed by atoms with E-state index in [0.717, 1.165) is 65.7 Å². The number of carbonyl (C=O) groups excluding carboxylic acids is 1. The van der Waals surface area contributed by atoms with Gasteiger partial charge in [-0.3, -0.25) is 9.36 Å². The number of piperidine rings is 1. The van der Waals surface area contributed by atoms with Crippen LogP contribution in [0.4, 0.5) is 11.6 Å². The van der Waals surface area contributed by atoms with E-state index >= 15 is 0 Å². The van der Waals surface area contributed by atoms with Crippen LogP contribution in [0.5, 0.6) is 0 Å². The van der Waals surface area contributed by atoms with E-state index in [1.165, 1.54) is 24.6 Å². The van der Waals surface area contributed by atoms with Gasteiger partial charge in [0.05, 0.1) is 23.2 Å². The molecule has 29 heavy (non-hydrogen) atoms. The lowest BCUT2D eigenvalue weighted by Gasteiger charge is -2.31. The summed E-state index contributed by atoms with van der Waals surface area (Å²) in [6.07, 6.45) is 4.71. The summed E-state index contributed by atoms with van der Waals surface area (Å²) in [5.41, 5.74) is 2.24. The van der Waals surface area contributed by atoms with Crippen LogP contribution < -0.4 is 10.2 Å². The summed E-state index contributed by atoms with van der Waals surface area (Å²) in [4.78, 5) is 14.9. The molecule has 1 aliphatic heterocycles. The number of rotatable bonds is 6. The molecule has 1 aromatic carbocycles. The highest BCUT2D eigenvalue weighted by molar-refractivity contribution is 7.99. The van der Waals surface area contributed by atoms with Crippen molar-refractivity contribution in [3.8, 4) is 0 Å². The molecule has 2 fully saturated rings. The molecule has 0 unspecified atom stereocenters. The Labute approximate surface area is 177 Å². The fraction of sp³-hybridized carbons (Fsp3) is 0.526. The second-order valence-electron chi connectivity index (χ2n) is 7.83. The number of aromatic nitrogens is 5. The smallest absolute Gasteiger partial charge is 0.234 e. The first-order chi connectivity index (χ1) is 14.2. The third-order valence-electron chi connectivity index (χ3n) is 5.52. The molecule has 0 radical (unpaired) electrons. The monoisotopic (exact) mass is 429 g/mol. The predicted octanol–water partition coefficient (Wildman–Crippen LogP) is 3.58. The number of nitrogens with one attached hydrogen (secondary N) is 1. The fourth-order valence-electron chi connectivity index (χ4n) is 3.67. The molecule has 0 bridgehead atoms. The van der Waals surface area contributed by atoms with Crippen molar-refractivity contribution in [3.63, 3.8) is 0 Å². The zero-order valence-corrected chi connectivity index (χ0v) is 17.9. The highest BCUT2D eigenvalue weighted by Crippen LogP contribution is 2.41. The minimum Gasteiger partial charge on any atom is -0.341 e. The van der Waals surface area contributed by atoms with Crippen LogP contribution in [0.25, 0.3) is 11.0 Å². The number of fused-ring (bicyclic) bond motifs is 1. The van der Waals surface area contributed by atoms with Crippen molar-refractivity contribution in [3.05, 3.63) is 18.2 Å². The van der Waals surface area contributed by atoms with Crippen LogP contribution in [-0.2, 0) is 4.79 Å². The van der Waals surface area contributed by atoms with E-state index in [9.17, 15) is 4.79 Å². The number of benzene rings is 1. The Kier molecular flexibility index (Phi) is 5.13. The van der Waals surface area contributed by atoms with E-state index in [2.05, 4.69) is 40.7 Å². The highest BCUT2D eigenvalue weighted by atomic mass is 32.2. The van der Waals surface area contributed by atoms with Gasteiger partial charge in [0.2, 0.25) is 11.9 Å². The molecule has 152 valence electrons. The van der Waals surface area contributed by atoms with E-state index < -0.39 is 0 Å². The minimum atomic E-state index is -0.0748. The molecule has 1 N–H and O–H groups in total. The molecule has 10 heteroatoms. The van der Waals surface area contributed by atoms with Gasteiger partial charge in [-0.15, -0.1) is 10.2 Å². The van der Waals surface area contributed by atoms with Crippen molar-refractivity contribution in [2.45, 2.75) is 43.8 Å². The van der Waals surface area contributed by atoms with E-state index in [4.69, 9.17) is 0 Å². The minimum absolute atomic E-state index is 0.0748. The van der Waals surface area contributed by atoms with Crippen LogP contribution in [0.3, 0.4) is 0 Å². The Morgan fingerprint density at radius 2 is 2.03 bits per heavy atom.